The summed E-state index contributed by atoms with van der Waals surface area (Å²) in [5, 5.41) is 9.43. The van der Waals surface area contributed by atoms with E-state index in [2.05, 4.69) is 39.8 Å². The Labute approximate surface area is 180 Å². The molecule has 1 aromatic heterocycles. The van der Waals surface area contributed by atoms with Gasteiger partial charge < -0.3 is 20.7 Å². The van der Waals surface area contributed by atoms with Crippen LogP contribution >= 0.6 is 24.0 Å². The Morgan fingerprint density at radius 2 is 1.96 bits per heavy atom. The van der Waals surface area contributed by atoms with Gasteiger partial charge in [-0.15, -0.1) is 24.0 Å². The average Bonchev–Trinajstić information content (AvgIpc) is 2.55. The van der Waals surface area contributed by atoms with E-state index in [9.17, 15) is 4.79 Å². The van der Waals surface area contributed by atoms with Gasteiger partial charge in [-0.05, 0) is 38.8 Å². The first-order valence-corrected chi connectivity index (χ1v) is 9.05. The molecule has 27 heavy (non-hydrogen) atoms. The number of aliphatic imine (C=N–C) groups is 1. The van der Waals surface area contributed by atoms with Crippen LogP contribution in [0, 0.1) is 5.92 Å². The summed E-state index contributed by atoms with van der Waals surface area (Å²) < 4.78 is 5.33. The molecule has 8 heteroatoms. The van der Waals surface area contributed by atoms with E-state index >= 15 is 0 Å². The van der Waals surface area contributed by atoms with Crippen molar-refractivity contribution in [2.24, 2.45) is 10.9 Å². The van der Waals surface area contributed by atoms with Gasteiger partial charge in [-0.25, -0.2) is 4.79 Å². The number of carbonyl (C=O) groups excluding carboxylic acids is 1. The molecule has 0 aliphatic carbocycles. The van der Waals surface area contributed by atoms with Gasteiger partial charge in [0.05, 0.1) is 6.04 Å². The minimum Gasteiger partial charge on any atom is -0.444 e. The van der Waals surface area contributed by atoms with Gasteiger partial charge in [0, 0.05) is 38.4 Å². The molecular weight excluding hydrogens is 457 g/mol. The highest BCUT2D eigenvalue weighted by molar-refractivity contribution is 14.0. The van der Waals surface area contributed by atoms with Crippen LogP contribution in [0.2, 0.25) is 0 Å². The predicted octanol–water partition coefficient (Wildman–Crippen LogP) is 2.96. The van der Waals surface area contributed by atoms with E-state index < -0.39 is 11.7 Å². The number of halogens is 1. The molecular formula is C19H34IN5O2. The van der Waals surface area contributed by atoms with Crippen LogP contribution in [-0.2, 0) is 11.2 Å². The van der Waals surface area contributed by atoms with Gasteiger partial charge in [-0.3, -0.25) is 9.98 Å². The summed E-state index contributed by atoms with van der Waals surface area (Å²) in [7, 11) is 1.72. The molecule has 1 amide bonds. The summed E-state index contributed by atoms with van der Waals surface area (Å²) in [6.45, 7) is 10.9. The first-order chi connectivity index (χ1) is 12.2. The van der Waals surface area contributed by atoms with Gasteiger partial charge >= 0.3 is 6.09 Å². The number of alkyl carbamates (subject to hydrolysis) is 1. The third-order valence-corrected chi connectivity index (χ3v) is 3.62. The van der Waals surface area contributed by atoms with Crippen LogP contribution in [0.15, 0.2) is 29.4 Å². The fourth-order valence-corrected chi connectivity index (χ4v) is 2.19. The van der Waals surface area contributed by atoms with E-state index in [0.717, 1.165) is 18.7 Å². The zero-order valence-electron chi connectivity index (χ0n) is 17.2. The van der Waals surface area contributed by atoms with Crippen LogP contribution in [0.5, 0.6) is 0 Å². The summed E-state index contributed by atoms with van der Waals surface area (Å²) in [5.74, 6) is 0.944. The van der Waals surface area contributed by atoms with Crippen LogP contribution in [-0.4, -0.2) is 48.8 Å². The molecule has 7 nitrogen and oxygen atoms in total. The molecule has 0 bridgehead atoms. The lowest BCUT2D eigenvalue weighted by Crippen LogP contribution is -2.50. The average molecular weight is 491 g/mol. The van der Waals surface area contributed by atoms with Crippen molar-refractivity contribution in [3.05, 3.63) is 30.1 Å². The molecule has 0 aromatic carbocycles. The van der Waals surface area contributed by atoms with E-state index in [-0.39, 0.29) is 35.9 Å². The number of hydrogen-bond acceptors (Lipinski definition) is 4. The number of hydrogen-bond donors (Lipinski definition) is 3. The number of rotatable bonds is 7. The second kappa shape index (κ2) is 12.7. The monoisotopic (exact) mass is 491 g/mol. The molecule has 3 N–H and O–H groups in total. The standard InChI is InChI=1S/C19H33N5O2.HI/c1-14(2)16(24-18(25)26-19(3,4)5)13-23-17(20-6)22-12-10-15-9-7-8-11-21-15;/h7-9,11,14,16H,10,12-13H2,1-6H3,(H,24,25)(H2,20,22,23);1H. The predicted molar refractivity (Wildman–Crippen MR) is 121 cm³/mol. The lowest BCUT2D eigenvalue weighted by Gasteiger charge is -2.26. The minimum atomic E-state index is -0.512. The second-order valence-corrected chi connectivity index (χ2v) is 7.45. The van der Waals surface area contributed by atoms with Crippen molar-refractivity contribution in [3.8, 4) is 0 Å². The fourth-order valence-electron chi connectivity index (χ4n) is 2.19. The van der Waals surface area contributed by atoms with E-state index in [0.29, 0.717) is 12.5 Å². The zero-order valence-corrected chi connectivity index (χ0v) is 19.5. The maximum Gasteiger partial charge on any atom is 0.407 e. The number of nitrogens with one attached hydrogen (secondary N) is 3. The summed E-state index contributed by atoms with van der Waals surface area (Å²) in [4.78, 5) is 20.5. The van der Waals surface area contributed by atoms with Crippen LogP contribution in [0.1, 0.15) is 40.3 Å². The molecule has 0 aliphatic heterocycles. The Hall–Kier alpha value is -1.58. The Balaban J connectivity index is 0.00000676. The molecule has 154 valence electrons. The molecule has 0 saturated heterocycles. The summed E-state index contributed by atoms with van der Waals surface area (Å²) in [5.41, 5.74) is 0.518. The molecule has 1 heterocycles. The van der Waals surface area contributed by atoms with Gasteiger partial charge in [0.15, 0.2) is 5.96 Å². The SMILES string of the molecule is CN=C(NCCc1ccccn1)NCC(NC(=O)OC(C)(C)C)C(C)C.I. The Morgan fingerprint density at radius 1 is 1.26 bits per heavy atom. The number of nitrogens with zero attached hydrogens (tertiary/aromatic N) is 2. The van der Waals surface area contributed by atoms with Crippen molar-refractivity contribution in [3.63, 3.8) is 0 Å². The fraction of sp³-hybridized carbons (Fsp3) is 0.632. The molecule has 0 saturated carbocycles. The number of pyridine rings is 1. The summed E-state index contributed by atoms with van der Waals surface area (Å²) in [6.07, 6.45) is 2.19. The quantitative estimate of drug-likeness (QED) is 0.310. The Kier molecular flexibility index (Phi) is 12.0. The number of guanidine groups is 1. The van der Waals surface area contributed by atoms with Gasteiger partial charge in [-0.1, -0.05) is 19.9 Å². The van der Waals surface area contributed by atoms with Crippen molar-refractivity contribution in [2.75, 3.05) is 20.1 Å². The van der Waals surface area contributed by atoms with E-state index in [1.165, 1.54) is 0 Å². The Bertz CT molecular complexity index is 573. The zero-order chi connectivity index (χ0) is 19.6. The largest absolute Gasteiger partial charge is 0.444 e. The minimum absolute atomic E-state index is 0. The molecule has 1 rings (SSSR count). The van der Waals surface area contributed by atoms with Crippen molar-refractivity contribution < 1.29 is 9.53 Å². The molecule has 1 aromatic rings. The number of amides is 1. The lowest BCUT2D eigenvalue weighted by molar-refractivity contribution is 0.0491. The van der Waals surface area contributed by atoms with Gasteiger partial charge in [0.2, 0.25) is 0 Å². The van der Waals surface area contributed by atoms with Crippen molar-refractivity contribution in [2.45, 2.75) is 52.7 Å². The van der Waals surface area contributed by atoms with Crippen molar-refractivity contribution in [1.29, 1.82) is 0 Å². The molecule has 0 fully saturated rings. The molecule has 0 aliphatic rings. The third kappa shape index (κ3) is 11.7. The topological polar surface area (TPSA) is 87.6 Å². The van der Waals surface area contributed by atoms with Crippen LogP contribution < -0.4 is 16.0 Å². The third-order valence-electron chi connectivity index (χ3n) is 3.62. The van der Waals surface area contributed by atoms with Crippen LogP contribution in [0.25, 0.3) is 0 Å². The maximum atomic E-state index is 12.0. The smallest absolute Gasteiger partial charge is 0.407 e. The van der Waals surface area contributed by atoms with Crippen LogP contribution in [0.4, 0.5) is 4.79 Å². The van der Waals surface area contributed by atoms with Crippen molar-refractivity contribution in [1.82, 2.24) is 20.9 Å². The van der Waals surface area contributed by atoms with Gasteiger partial charge in [0.25, 0.3) is 0 Å². The van der Waals surface area contributed by atoms with Crippen LogP contribution in [0.3, 0.4) is 0 Å². The van der Waals surface area contributed by atoms with Crippen molar-refractivity contribution >= 4 is 36.0 Å². The maximum absolute atomic E-state index is 12.0. The first kappa shape index (κ1) is 25.4. The number of aromatic nitrogens is 1. The summed E-state index contributed by atoms with van der Waals surface area (Å²) in [6, 6.07) is 5.81. The summed E-state index contributed by atoms with van der Waals surface area (Å²) >= 11 is 0. The van der Waals surface area contributed by atoms with E-state index in [1.54, 1.807) is 13.2 Å². The molecule has 1 atom stereocenters. The highest BCUT2D eigenvalue weighted by atomic mass is 127. The van der Waals surface area contributed by atoms with E-state index in [1.807, 2.05) is 39.0 Å². The first-order valence-electron chi connectivity index (χ1n) is 9.05. The molecule has 1 unspecified atom stereocenters. The normalized spacial score (nSPS) is 12.8. The Morgan fingerprint density at radius 3 is 2.48 bits per heavy atom. The molecule has 0 radical (unpaired) electrons. The number of carbonyl (C=O) groups is 1. The lowest BCUT2D eigenvalue weighted by atomic mass is 10.0. The second-order valence-electron chi connectivity index (χ2n) is 7.45. The molecule has 0 spiro atoms. The van der Waals surface area contributed by atoms with Gasteiger partial charge in [0.1, 0.15) is 5.60 Å². The van der Waals surface area contributed by atoms with E-state index in [4.69, 9.17) is 4.74 Å². The highest BCUT2D eigenvalue weighted by Crippen LogP contribution is 2.08. The van der Waals surface area contributed by atoms with Gasteiger partial charge in [-0.2, -0.15) is 0 Å². The number of ether oxygens (including phenoxy) is 1. The highest BCUT2D eigenvalue weighted by Gasteiger charge is 2.21.